The Kier molecular flexibility index (Phi) is 5.99. The van der Waals surface area contributed by atoms with Crippen molar-refractivity contribution in [2.24, 2.45) is 0 Å². The Bertz CT molecular complexity index is 1010. The molecule has 1 aliphatic rings. The Morgan fingerprint density at radius 3 is 2.67 bits per heavy atom. The molecule has 0 atom stereocenters. The fraction of sp³-hybridized carbons (Fsp3) is 0.375. The summed E-state index contributed by atoms with van der Waals surface area (Å²) in [5, 5.41) is 11.6. The number of carbonyl (C=O) groups is 1. The molecule has 2 N–H and O–H groups in total. The molecule has 158 valence electrons. The number of likely N-dealkylation sites (N-methyl/N-ethyl adjacent to an activating group) is 1. The van der Waals surface area contributed by atoms with E-state index in [-0.39, 0.29) is 18.1 Å². The highest BCUT2D eigenvalue weighted by atomic mass is 19.1. The Labute approximate surface area is 176 Å². The molecule has 30 heavy (non-hydrogen) atoms. The average Bonchev–Trinajstić information content (AvgIpc) is 3.13. The van der Waals surface area contributed by atoms with Gasteiger partial charge < -0.3 is 10.1 Å². The summed E-state index contributed by atoms with van der Waals surface area (Å²) in [7, 11) is 2.02. The van der Waals surface area contributed by atoms with Gasteiger partial charge in [-0.3, -0.25) is 14.6 Å². The number of nitrogens with one attached hydrogen (secondary N) is 1. The molecular weight excluding hydrogens is 381 g/mol. The van der Waals surface area contributed by atoms with E-state index in [1.54, 1.807) is 12.3 Å². The number of carbonyl (C=O) groups excluding carboxylic acids is 1. The van der Waals surface area contributed by atoms with Crippen LogP contribution in [-0.2, 0) is 6.54 Å². The minimum absolute atomic E-state index is 0.0292. The minimum atomic E-state index is -0.743. The molecular formula is C24H28FN3O2. The molecule has 2 aromatic carbocycles. The number of piperidine rings is 1. The number of aliphatic hydroxyl groups is 1. The lowest BCUT2D eigenvalue weighted by molar-refractivity contribution is -0.0410. The summed E-state index contributed by atoms with van der Waals surface area (Å²) >= 11 is 0. The number of benzene rings is 2. The quantitative estimate of drug-likeness (QED) is 0.587. The van der Waals surface area contributed by atoms with E-state index in [1.807, 2.05) is 25.2 Å². The zero-order valence-corrected chi connectivity index (χ0v) is 17.3. The zero-order chi connectivity index (χ0) is 21.1. The number of aromatic nitrogens is 1. The first-order chi connectivity index (χ1) is 14.4. The lowest BCUT2D eigenvalue weighted by atomic mass is 9.90. The molecule has 0 spiro atoms. The van der Waals surface area contributed by atoms with Gasteiger partial charge in [-0.1, -0.05) is 30.3 Å². The maximum Gasteiger partial charge on any atom is 0.178 e. The molecule has 0 saturated carbocycles. The summed E-state index contributed by atoms with van der Waals surface area (Å²) in [6, 6.07) is 14.7. The maximum absolute atomic E-state index is 13.6. The van der Waals surface area contributed by atoms with Crippen molar-refractivity contribution in [3.8, 4) is 0 Å². The fourth-order valence-corrected chi connectivity index (χ4v) is 4.35. The van der Waals surface area contributed by atoms with Crippen LogP contribution in [0.15, 0.2) is 54.7 Å². The van der Waals surface area contributed by atoms with E-state index in [0.29, 0.717) is 43.4 Å². The predicted molar refractivity (Wildman–Crippen MR) is 116 cm³/mol. The van der Waals surface area contributed by atoms with Crippen molar-refractivity contribution < 1.29 is 14.3 Å². The monoisotopic (exact) mass is 409 g/mol. The normalized spacial score (nSPS) is 16.9. The molecule has 1 fully saturated rings. The minimum Gasteiger partial charge on any atom is -0.388 e. The first-order valence-corrected chi connectivity index (χ1v) is 10.4. The van der Waals surface area contributed by atoms with Crippen LogP contribution in [0, 0.1) is 5.82 Å². The van der Waals surface area contributed by atoms with Crippen LogP contribution < -0.4 is 0 Å². The molecule has 5 nitrogen and oxygen atoms in total. The Morgan fingerprint density at radius 2 is 1.93 bits per heavy atom. The first-order valence-electron chi connectivity index (χ1n) is 10.4. The van der Waals surface area contributed by atoms with Crippen molar-refractivity contribution in [3.63, 3.8) is 0 Å². The van der Waals surface area contributed by atoms with Gasteiger partial charge in [-0.15, -0.1) is 0 Å². The number of likely N-dealkylation sites (tertiary alicyclic amines) is 1. The summed E-state index contributed by atoms with van der Waals surface area (Å²) in [4.78, 5) is 20.0. The molecule has 1 saturated heterocycles. The molecule has 1 aliphatic heterocycles. The van der Waals surface area contributed by atoms with Gasteiger partial charge in [-0.2, -0.15) is 0 Å². The fourth-order valence-electron chi connectivity index (χ4n) is 4.35. The van der Waals surface area contributed by atoms with E-state index in [2.05, 4.69) is 26.9 Å². The zero-order valence-electron chi connectivity index (χ0n) is 17.3. The molecule has 6 heteroatoms. The average molecular weight is 410 g/mol. The van der Waals surface area contributed by atoms with E-state index in [0.717, 1.165) is 12.1 Å². The number of H-pyrrole nitrogens is 1. The van der Waals surface area contributed by atoms with E-state index in [9.17, 15) is 14.3 Å². The molecule has 0 aliphatic carbocycles. The number of rotatable bonds is 7. The number of halogens is 1. The summed E-state index contributed by atoms with van der Waals surface area (Å²) in [5.74, 6) is -0.378. The van der Waals surface area contributed by atoms with Gasteiger partial charge in [-0.25, -0.2) is 4.39 Å². The Balaban J connectivity index is 1.31. The van der Waals surface area contributed by atoms with Gasteiger partial charge in [0.15, 0.2) is 5.78 Å². The van der Waals surface area contributed by atoms with E-state index < -0.39 is 5.60 Å². The van der Waals surface area contributed by atoms with E-state index in [4.69, 9.17) is 0 Å². The highest BCUT2D eigenvalue weighted by Gasteiger charge is 2.34. The molecule has 0 radical (unpaired) electrons. The molecule has 4 rings (SSSR count). The number of ketones is 1. The molecule has 0 amide bonds. The smallest absolute Gasteiger partial charge is 0.178 e. The van der Waals surface area contributed by atoms with Gasteiger partial charge in [0.2, 0.25) is 0 Å². The summed E-state index contributed by atoms with van der Waals surface area (Å²) in [5.41, 5.74) is 1.76. The number of hydrogen-bond acceptors (Lipinski definition) is 4. The van der Waals surface area contributed by atoms with Crippen molar-refractivity contribution in [2.45, 2.75) is 25.0 Å². The lowest BCUT2D eigenvalue weighted by Crippen LogP contribution is -2.50. The van der Waals surface area contributed by atoms with Crippen LogP contribution >= 0.6 is 0 Å². The second kappa shape index (κ2) is 8.68. The third-order valence-corrected chi connectivity index (χ3v) is 5.96. The summed E-state index contributed by atoms with van der Waals surface area (Å²) in [6.07, 6.45) is 2.91. The van der Waals surface area contributed by atoms with Gasteiger partial charge in [0.25, 0.3) is 0 Å². The Morgan fingerprint density at radius 1 is 1.20 bits per heavy atom. The van der Waals surface area contributed by atoms with Gasteiger partial charge in [0.05, 0.1) is 12.1 Å². The number of hydrogen-bond donors (Lipinski definition) is 2. The number of nitrogens with zero attached hydrogens (tertiary/aromatic N) is 2. The van der Waals surface area contributed by atoms with Crippen molar-refractivity contribution in [2.75, 3.05) is 33.2 Å². The van der Waals surface area contributed by atoms with E-state index >= 15 is 0 Å². The maximum atomic E-state index is 13.6. The molecule has 1 aromatic heterocycles. The van der Waals surface area contributed by atoms with Crippen molar-refractivity contribution in [3.05, 3.63) is 71.7 Å². The largest absolute Gasteiger partial charge is 0.388 e. The number of aromatic amines is 1. The Hall–Kier alpha value is -2.54. The summed E-state index contributed by atoms with van der Waals surface area (Å²) in [6.45, 7) is 3.00. The van der Waals surface area contributed by atoms with Crippen LogP contribution in [0.5, 0.6) is 0 Å². The van der Waals surface area contributed by atoms with Crippen LogP contribution in [0.4, 0.5) is 4.39 Å². The standard InChI is InChI=1S/C24H28FN3O2/c1-27(15-18-5-3-2-4-6-18)17-24(30)9-11-28(12-10-24)16-23(29)21-14-26-22-8-7-19(25)13-20(21)22/h2-8,13-14,26,30H,9-12,15-17H2,1H3. The molecule has 3 aromatic rings. The number of Topliss-reactive ketones (excluding diaryl/α,β-unsaturated/α-hetero) is 1. The molecule has 0 unspecified atom stereocenters. The second-order valence-electron chi connectivity index (χ2n) is 8.47. The molecule has 2 heterocycles. The highest BCUT2D eigenvalue weighted by Crippen LogP contribution is 2.25. The highest BCUT2D eigenvalue weighted by molar-refractivity contribution is 6.08. The van der Waals surface area contributed by atoms with Gasteiger partial charge in [0, 0.05) is 48.8 Å². The van der Waals surface area contributed by atoms with Gasteiger partial charge in [0.1, 0.15) is 5.82 Å². The third-order valence-electron chi connectivity index (χ3n) is 5.96. The van der Waals surface area contributed by atoms with Crippen molar-refractivity contribution in [1.82, 2.24) is 14.8 Å². The molecule has 0 bridgehead atoms. The van der Waals surface area contributed by atoms with Gasteiger partial charge >= 0.3 is 0 Å². The van der Waals surface area contributed by atoms with Crippen molar-refractivity contribution in [1.29, 1.82) is 0 Å². The van der Waals surface area contributed by atoms with Crippen LogP contribution in [0.25, 0.3) is 10.9 Å². The lowest BCUT2D eigenvalue weighted by Gasteiger charge is -2.40. The topological polar surface area (TPSA) is 59.6 Å². The van der Waals surface area contributed by atoms with Crippen LogP contribution in [0.1, 0.15) is 28.8 Å². The van der Waals surface area contributed by atoms with Crippen LogP contribution in [0.2, 0.25) is 0 Å². The van der Waals surface area contributed by atoms with Crippen LogP contribution in [-0.4, -0.2) is 64.5 Å². The van der Waals surface area contributed by atoms with E-state index in [1.165, 1.54) is 17.7 Å². The number of fused-ring (bicyclic) bond motifs is 1. The van der Waals surface area contributed by atoms with Gasteiger partial charge in [-0.05, 0) is 43.7 Å². The first kappa shape index (κ1) is 20.7. The van der Waals surface area contributed by atoms with Crippen molar-refractivity contribution >= 4 is 16.7 Å². The summed E-state index contributed by atoms with van der Waals surface area (Å²) < 4.78 is 13.6. The predicted octanol–water partition coefficient (Wildman–Crippen LogP) is 3.45. The third kappa shape index (κ3) is 4.78. The SMILES string of the molecule is CN(Cc1ccccc1)CC1(O)CCN(CC(=O)c2c[nH]c3ccc(F)cc23)CC1. The second-order valence-corrected chi connectivity index (χ2v) is 8.47. The van der Waals surface area contributed by atoms with Crippen LogP contribution in [0.3, 0.4) is 0 Å².